The van der Waals surface area contributed by atoms with Gasteiger partial charge < -0.3 is 4.74 Å². The van der Waals surface area contributed by atoms with Crippen LogP contribution in [0.4, 0.5) is 0 Å². The van der Waals surface area contributed by atoms with Crippen LogP contribution >= 0.6 is 0 Å². The molecule has 0 saturated heterocycles. The first kappa shape index (κ1) is 36.0. The standard InChI is InChI=1S/C68H62N4O/c1-66(2,3)51-37-40-69-64(43-51)72-60-36-33-50(49-25-18-26-52(41-49)68(67(4,5)6)38-16-9-17-39-68)42-59(60)58-35-34-55(45-63(58)72)73-54-28-19-27-53(44-54)70-46-71(62-32-15-14-31-61(62)70)65-56(47-21-10-7-11-22-47)29-20-30-57(65)48-23-12-8-13-24-48/h7-8,10-15,18-37,40-45H,9,16-17,38-39H2,1-6H3/i7D,8D,10D,11D,12D,13D,21D,22D,23D,24D. The molecule has 1 aliphatic rings. The van der Waals surface area contributed by atoms with Gasteiger partial charge in [-0.25, -0.2) is 4.98 Å². The Balaban J connectivity index is 0.992. The molecule has 0 atom stereocenters. The fourth-order valence-electron chi connectivity index (χ4n) is 11.3. The minimum atomic E-state index is -0.565. The van der Waals surface area contributed by atoms with E-state index >= 15 is 0 Å². The van der Waals surface area contributed by atoms with E-state index in [0.717, 1.165) is 38.8 Å². The lowest BCUT2D eigenvalue weighted by Gasteiger charge is -2.48. The van der Waals surface area contributed by atoms with E-state index in [4.69, 9.17) is 23.4 Å². The van der Waals surface area contributed by atoms with Gasteiger partial charge in [0.1, 0.15) is 17.3 Å². The van der Waals surface area contributed by atoms with Crippen molar-refractivity contribution in [1.82, 2.24) is 14.1 Å². The Morgan fingerprint density at radius 2 is 1.26 bits per heavy atom. The Kier molecular flexibility index (Phi) is 8.99. The van der Waals surface area contributed by atoms with Gasteiger partial charge in [-0.3, -0.25) is 13.7 Å². The second kappa shape index (κ2) is 18.2. The molecular weight excluding hydrogens is 889 g/mol. The summed E-state index contributed by atoms with van der Waals surface area (Å²) >= 11 is 0. The van der Waals surface area contributed by atoms with Gasteiger partial charge >= 0.3 is 0 Å². The molecule has 11 aromatic rings. The number of para-hydroxylation sites is 3. The Hall–Kier alpha value is -8.02. The van der Waals surface area contributed by atoms with E-state index < -0.39 is 60.4 Å². The summed E-state index contributed by atoms with van der Waals surface area (Å²) in [5.41, 5.74) is 9.03. The molecule has 5 heteroatoms. The Morgan fingerprint density at radius 3 is 1.99 bits per heavy atom. The van der Waals surface area contributed by atoms with Crippen molar-refractivity contribution in [3.05, 3.63) is 224 Å². The van der Waals surface area contributed by atoms with Crippen LogP contribution in [0.2, 0.25) is 0 Å². The van der Waals surface area contributed by atoms with Crippen molar-refractivity contribution in [2.75, 3.05) is 0 Å². The van der Waals surface area contributed by atoms with E-state index in [0.29, 0.717) is 28.2 Å². The van der Waals surface area contributed by atoms with E-state index in [1.54, 1.807) is 22.8 Å². The molecule has 0 radical (unpaired) electrons. The quantitative estimate of drug-likeness (QED) is 0.107. The average molecular weight is 961 g/mol. The lowest BCUT2D eigenvalue weighted by atomic mass is 9.56. The van der Waals surface area contributed by atoms with Gasteiger partial charge in [-0.15, -0.1) is 0 Å². The van der Waals surface area contributed by atoms with Crippen LogP contribution < -0.4 is 9.30 Å². The zero-order valence-electron chi connectivity index (χ0n) is 52.1. The number of aromatic nitrogens is 4. The Morgan fingerprint density at radius 1 is 0.575 bits per heavy atom. The lowest BCUT2D eigenvalue weighted by molar-refractivity contribution is -0.571. The van der Waals surface area contributed by atoms with Crippen LogP contribution in [0.25, 0.3) is 83.4 Å². The van der Waals surface area contributed by atoms with Crippen LogP contribution in [-0.2, 0) is 10.8 Å². The topological polar surface area (TPSA) is 35.9 Å². The first-order valence-corrected chi connectivity index (χ1v) is 25.2. The van der Waals surface area contributed by atoms with Crippen LogP contribution in [0.15, 0.2) is 206 Å². The summed E-state index contributed by atoms with van der Waals surface area (Å²) < 4.78 is 100. The van der Waals surface area contributed by atoms with Gasteiger partial charge in [0, 0.05) is 28.5 Å². The number of rotatable bonds is 9. The number of ether oxygens (including phenoxy) is 1. The number of pyridine rings is 1. The van der Waals surface area contributed by atoms with Gasteiger partial charge in [-0.1, -0.05) is 200 Å². The highest BCUT2D eigenvalue weighted by atomic mass is 16.5. The molecule has 0 amide bonds. The van der Waals surface area contributed by atoms with Gasteiger partial charge in [0.15, 0.2) is 0 Å². The lowest BCUT2D eigenvalue weighted by Crippen LogP contribution is -2.41. The summed E-state index contributed by atoms with van der Waals surface area (Å²) in [5, 5.41) is 2.14. The molecule has 73 heavy (non-hydrogen) atoms. The summed E-state index contributed by atoms with van der Waals surface area (Å²) in [6, 6.07) is 41.0. The van der Waals surface area contributed by atoms with E-state index in [1.807, 2.05) is 65.4 Å². The van der Waals surface area contributed by atoms with Gasteiger partial charge in [-0.05, 0) is 123 Å². The molecule has 0 bridgehead atoms. The Labute approximate surface area is 444 Å². The molecule has 1 fully saturated rings. The van der Waals surface area contributed by atoms with Crippen molar-refractivity contribution < 1.29 is 23.0 Å². The van der Waals surface area contributed by atoms with E-state index in [-0.39, 0.29) is 44.2 Å². The number of fused-ring (bicyclic) bond motifs is 4. The third-order valence-electron chi connectivity index (χ3n) is 15.1. The van der Waals surface area contributed by atoms with Crippen LogP contribution in [0.3, 0.4) is 0 Å². The molecule has 0 unspecified atom stereocenters. The smallest absolute Gasteiger partial charge is 0.269 e. The van der Waals surface area contributed by atoms with Crippen molar-refractivity contribution in [2.24, 2.45) is 5.41 Å². The van der Waals surface area contributed by atoms with Crippen LogP contribution in [0.5, 0.6) is 11.5 Å². The normalized spacial score (nSPS) is 15.9. The Bertz CT molecular complexity index is 4300. The van der Waals surface area contributed by atoms with E-state index in [2.05, 4.69) is 119 Å². The highest BCUT2D eigenvalue weighted by Gasteiger charge is 2.44. The fourth-order valence-corrected chi connectivity index (χ4v) is 11.3. The predicted octanol–water partition coefficient (Wildman–Crippen LogP) is 17.5. The van der Waals surface area contributed by atoms with Crippen molar-refractivity contribution in [3.63, 3.8) is 0 Å². The monoisotopic (exact) mass is 961 g/mol. The predicted molar refractivity (Wildman–Crippen MR) is 302 cm³/mol. The number of hydrogen-bond donors (Lipinski definition) is 0. The molecular formula is C68H62N4O. The van der Waals surface area contributed by atoms with Gasteiger partial charge in [0.25, 0.3) is 6.33 Å². The number of benzene rings is 8. The average Bonchev–Trinajstić information content (AvgIpc) is 3.99. The molecule has 1 aliphatic carbocycles. The van der Waals surface area contributed by atoms with Gasteiger partial charge in [0.05, 0.1) is 47.1 Å². The zero-order chi connectivity index (χ0) is 58.6. The highest BCUT2D eigenvalue weighted by molar-refractivity contribution is 6.10. The summed E-state index contributed by atoms with van der Waals surface area (Å²) in [6.45, 7) is 13.8. The van der Waals surface area contributed by atoms with Gasteiger partial charge in [-0.2, -0.15) is 0 Å². The third kappa shape index (κ3) is 8.31. The molecule has 5 nitrogen and oxygen atoms in total. The summed E-state index contributed by atoms with van der Waals surface area (Å²) in [7, 11) is 0. The van der Waals surface area contributed by atoms with Crippen molar-refractivity contribution >= 4 is 32.8 Å². The minimum Gasteiger partial charge on any atom is -0.458 e. The van der Waals surface area contributed by atoms with Crippen LogP contribution in [-0.4, -0.2) is 14.1 Å². The van der Waals surface area contributed by atoms with Crippen molar-refractivity contribution in [1.29, 1.82) is 0 Å². The molecule has 0 aliphatic heterocycles. The molecule has 3 aromatic heterocycles. The number of hydrogen-bond acceptors (Lipinski definition) is 2. The maximum absolute atomic E-state index is 9.09. The second-order valence-corrected chi connectivity index (χ2v) is 21.4. The van der Waals surface area contributed by atoms with Crippen molar-refractivity contribution in [2.45, 2.75) is 84.5 Å². The fraction of sp³-hybridized carbons (Fsp3) is 0.206. The maximum atomic E-state index is 9.09. The summed E-state index contributed by atoms with van der Waals surface area (Å²) in [5.74, 6) is 1.90. The van der Waals surface area contributed by atoms with Crippen molar-refractivity contribution in [3.8, 4) is 62.1 Å². The zero-order valence-corrected chi connectivity index (χ0v) is 42.1. The van der Waals surface area contributed by atoms with Gasteiger partial charge in [0.2, 0.25) is 0 Å². The second-order valence-electron chi connectivity index (χ2n) is 21.4. The first-order chi connectivity index (χ1) is 39.6. The SMILES string of the molecule is [2H]c1c([2H])c([2H])c(-c2cccc(-c3c([2H])c([2H])c([2H])c([2H])c3[2H])c2-[n+]2[c-]n(-c3cccc(Oc4ccc5c6cc(-c7cccc(C8(C(C)(C)C)CCCCC8)c7)ccc6n(-c6cc(C(C)(C)C)ccn6)c5c4)c3)c3ccccc32)c([2H])c1[2H]. The van der Waals surface area contributed by atoms with Crippen LogP contribution in [0, 0.1) is 11.7 Å². The minimum absolute atomic E-state index is 0.105. The van der Waals surface area contributed by atoms with E-state index in [1.165, 1.54) is 43.2 Å². The summed E-state index contributed by atoms with van der Waals surface area (Å²) in [4.78, 5) is 4.99. The molecule has 12 rings (SSSR count). The molecule has 1 saturated carbocycles. The molecule has 0 N–H and O–H groups in total. The highest BCUT2D eigenvalue weighted by Crippen LogP contribution is 2.52. The first-order valence-electron chi connectivity index (χ1n) is 30.2. The van der Waals surface area contributed by atoms with E-state index in [9.17, 15) is 0 Å². The molecule has 8 aromatic carbocycles. The largest absolute Gasteiger partial charge is 0.458 e. The molecule has 360 valence electrons. The third-order valence-corrected chi connectivity index (χ3v) is 15.1. The molecule has 3 heterocycles. The number of imidazole rings is 1. The number of nitrogens with zero attached hydrogens (tertiary/aromatic N) is 4. The summed E-state index contributed by atoms with van der Waals surface area (Å²) in [6.07, 6.45) is 11.5. The van der Waals surface area contributed by atoms with Crippen LogP contribution in [0.1, 0.15) is 98.5 Å². The maximum Gasteiger partial charge on any atom is 0.269 e. The molecule has 0 spiro atoms.